The number of rotatable bonds is 3. The fourth-order valence-electron chi connectivity index (χ4n) is 4.40. The molecule has 0 atom stereocenters. The number of aliphatic hydroxyl groups excluding tert-OH is 1. The Balaban J connectivity index is 1.46. The molecular formula is C22H22N2O3. The molecule has 1 aliphatic carbocycles. The van der Waals surface area contributed by atoms with Crippen molar-refractivity contribution in [1.82, 2.24) is 10.2 Å². The summed E-state index contributed by atoms with van der Waals surface area (Å²) in [6.07, 6.45) is 6.13. The van der Waals surface area contributed by atoms with Crippen molar-refractivity contribution in [2.75, 3.05) is 0 Å². The van der Waals surface area contributed by atoms with Crippen LogP contribution in [0.15, 0.2) is 41.2 Å². The Morgan fingerprint density at radius 2 is 1.96 bits per heavy atom. The van der Waals surface area contributed by atoms with E-state index in [0.29, 0.717) is 17.1 Å². The summed E-state index contributed by atoms with van der Waals surface area (Å²) < 4.78 is 6.05. The van der Waals surface area contributed by atoms with E-state index in [2.05, 4.69) is 22.3 Å². The van der Waals surface area contributed by atoms with Crippen LogP contribution in [0.25, 0.3) is 22.0 Å². The number of hydrogen-bond acceptors (Lipinski definition) is 4. The van der Waals surface area contributed by atoms with Crippen LogP contribution < -0.4 is 10.3 Å². The third-order valence-corrected chi connectivity index (χ3v) is 5.95. The molecule has 5 nitrogen and oxygen atoms in total. The minimum Gasteiger partial charge on any atom is -0.456 e. The molecule has 0 unspecified atom stereocenters. The lowest BCUT2D eigenvalue weighted by atomic mass is 9.83. The maximum atomic E-state index is 12.1. The first-order valence-corrected chi connectivity index (χ1v) is 9.69. The molecule has 138 valence electrons. The number of benzene rings is 2. The van der Waals surface area contributed by atoms with Gasteiger partial charge in [-0.1, -0.05) is 12.1 Å². The molecule has 2 heterocycles. The van der Waals surface area contributed by atoms with Crippen LogP contribution in [0.3, 0.4) is 0 Å². The van der Waals surface area contributed by atoms with Crippen molar-refractivity contribution in [3.63, 3.8) is 0 Å². The van der Waals surface area contributed by atoms with Gasteiger partial charge in [0, 0.05) is 5.56 Å². The van der Waals surface area contributed by atoms with Crippen LogP contribution in [0.2, 0.25) is 0 Å². The monoisotopic (exact) mass is 362 g/mol. The first kappa shape index (κ1) is 16.5. The molecule has 3 aromatic rings. The molecule has 27 heavy (non-hydrogen) atoms. The van der Waals surface area contributed by atoms with Gasteiger partial charge in [0.2, 0.25) is 0 Å². The number of fused-ring (bicyclic) bond motifs is 2. The van der Waals surface area contributed by atoms with Crippen molar-refractivity contribution >= 4 is 10.8 Å². The van der Waals surface area contributed by atoms with Crippen LogP contribution in [0.5, 0.6) is 11.5 Å². The Bertz CT molecular complexity index is 1060. The topological polar surface area (TPSA) is 75.2 Å². The highest BCUT2D eigenvalue weighted by Gasteiger charge is 2.23. The van der Waals surface area contributed by atoms with Crippen LogP contribution >= 0.6 is 0 Å². The predicted octanol–water partition coefficient (Wildman–Crippen LogP) is 4.18. The first-order chi connectivity index (χ1) is 13.2. The molecule has 5 rings (SSSR count). The number of hydrogen-bond donors (Lipinski definition) is 2. The van der Waals surface area contributed by atoms with Gasteiger partial charge in [0.1, 0.15) is 17.2 Å². The van der Waals surface area contributed by atoms with Gasteiger partial charge in [0.15, 0.2) is 0 Å². The average Bonchev–Trinajstić information content (AvgIpc) is 2.70. The average molecular weight is 362 g/mol. The zero-order valence-corrected chi connectivity index (χ0v) is 15.1. The van der Waals surface area contributed by atoms with E-state index < -0.39 is 0 Å². The number of aromatic nitrogens is 2. The maximum Gasteiger partial charge on any atom is 0.272 e. The zero-order chi connectivity index (χ0) is 18.4. The van der Waals surface area contributed by atoms with Gasteiger partial charge in [-0.15, -0.1) is 0 Å². The molecule has 0 spiro atoms. The van der Waals surface area contributed by atoms with E-state index in [1.165, 1.54) is 5.56 Å². The number of aromatic amines is 1. The quantitative estimate of drug-likeness (QED) is 0.573. The summed E-state index contributed by atoms with van der Waals surface area (Å²) in [5.41, 5.74) is 2.78. The summed E-state index contributed by atoms with van der Waals surface area (Å²) in [5, 5.41) is 18.0. The van der Waals surface area contributed by atoms with E-state index in [1.807, 2.05) is 18.2 Å². The van der Waals surface area contributed by atoms with E-state index in [9.17, 15) is 9.90 Å². The second kappa shape index (κ2) is 6.50. The van der Waals surface area contributed by atoms with Gasteiger partial charge in [0.25, 0.3) is 5.56 Å². The lowest BCUT2D eigenvalue weighted by molar-refractivity contribution is 0.106. The largest absolute Gasteiger partial charge is 0.456 e. The third-order valence-electron chi connectivity index (χ3n) is 5.95. The van der Waals surface area contributed by atoms with Crippen LogP contribution in [0, 0.1) is 5.92 Å². The minimum absolute atomic E-state index is 0.101. The van der Waals surface area contributed by atoms with Crippen LogP contribution in [-0.4, -0.2) is 21.4 Å². The number of aryl methyl sites for hydroxylation is 1. The molecule has 0 bridgehead atoms. The summed E-state index contributed by atoms with van der Waals surface area (Å²) in [6, 6.07) is 11.8. The summed E-state index contributed by atoms with van der Waals surface area (Å²) in [4.78, 5) is 12.1. The second-order valence-electron chi connectivity index (χ2n) is 7.73. The van der Waals surface area contributed by atoms with Crippen LogP contribution in [0.1, 0.15) is 37.7 Å². The van der Waals surface area contributed by atoms with Crippen molar-refractivity contribution < 1.29 is 9.84 Å². The molecule has 0 saturated heterocycles. The molecule has 1 aliphatic heterocycles. The van der Waals surface area contributed by atoms with Crippen LogP contribution in [-0.2, 0) is 6.42 Å². The van der Waals surface area contributed by atoms with Gasteiger partial charge in [-0.2, -0.15) is 5.10 Å². The van der Waals surface area contributed by atoms with E-state index in [-0.39, 0.29) is 11.7 Å². The van der Waals surface area contributed by atoms with Gasteiger partial charge in [-0.05, 0) is 74.3 Å². The zero-order valence-electron chi connectivity index (χ0n) is 15.1. The molecule has 2 aliphatic rings. The Hall–Kier alpha value is -2.66. The smallest absolute Gasteiger partial charge is 0.272 e. The molecule has 2 N–H and O–H groups in total. The SMILES string of the molecule is O=c1[nH]nc2c3c(cccc13)Oc1ccc(CCC3CCC(O)CC3)cc1-2. The second-order valence-corrected chi connectivity index (χ2v) is 7.73. The van der Waals surface area contributed by atoms with Crippen molar-refractivity contribution in [3.05, 3.63) is 52.3 Å². The van der Waals surface area contributed by atoms with Gasteiger partial charge in [0.05, 0.1) is 16.9 Å². The Morgan fingerprint density at radius 3 is 2.81 bits per heavy atom. The Morgan fingerprint density at radius 1 is 1.11 bits per heavy atom. The molecule has 5 heteroatoms. The number of aliphatic hydroxyl groups is 1. The summed E-state index contributed by atoms with van der Waals surface area (Å²) in [5.74, 6) is 2.15. The van der Waals surface area contributed by atoms with Gasteiger partial charge in [-0.3, -0.25) is 4.79 Å². The number of nitrogens with one attached hydrogen (secondary N) is 1. The Kier molecular flexibility index (Phi) is 3.97. The molecule has 0 radical (unpaired) electrons. The van der Waals surface area contributed by atoms with Crippen molar-refractivity contribution in [2.45, 2.75) is 44.6 Å². The van der Waals surface area contributed by atoms with E-state index in [4.69, 9.17) is 4.74 Å². The van der Waals surface area contributed by atoms with Crippen molar-refractivity contribution in [2.24, 2.45) is 5.92 Å². The standard InChI is InChI=1S/C22H22N2O3/c25-15-9-6-13(7-10-15)4-5-14-8-11-18-17(12-14)21-20-16(22(26)24-23-21)2-1-3-19(20)27-18/h1-3,8,11-13,15,25H,4-7,9-10H2,(H,24,26). The highest BCUT2D eigenvalue weighted by Crippen LogP contribution is 2.44. The predicted molar refractivity (Wildman–Crippen MR) is 104 cm³/mol. The van der Waals surface area contributed by atoms with Gasteiger partial charge in [-0.25, -0.2) is 5.10 Å². The first-order valence-electron chi connectivity index (χ1n) is 9.69. The fourth-order valence-corrected chi connectivity index (χ4v) is 4.40. The van der Waals surface area contributed by atoms with Crippen molar-refractivity contribution in [3.8, 4) is 22.8 Å². The van der Waals surface area contributed by atoms with E-state index in [0.717, 1.165) is 60.9 Å². The minimum atomic E-state index is -0.196. The van der Waals surface area contributed by atoms with Gasteiger partial charge >= 0.3 is 0 Å². The summed E-state index contributed by atoms with van der Waals surface area (Å²) >= 11 is 0. The molecule has 1 aromatic heterocycles. The normalized spacial score (nSPS) is 20.9. The molecule has 0 amide bonds. The summed E-state index contributed by atoms with van der Waals surface area (Å²) in [7, 11) is 0. The molecule has 2 aromatic carbocycles. The number of ether oxygens (including phenoxy) is 1. The molecule has 1 fully saturated rings. The summed E-state index contributed by atoms with van der Waals surface area (Å²) in [6.45, 7) is 0. The van der Waals surface area contributed by atoms with Crippen molar-refractivity contribution in [1.29, 1.82) is 0 Å². The molecule has 1 saturated carbocycles. The lowest BCUT2D eigenvalue weighted by Crippen LogP contribution is -2.18. The van der Waals surface area contributed by atoms with Crippen LogP contribution in [0.4, 0.5) is 0 Å². The van der Waals surface area contributed by atoms with Gasteiger partial charge < -0.3 is 9.84 Å². The molecular weight excluding hydrogens is 340 g/mol. The number of H-pyrrole nitrogens is 1. The third kappa shape index (κ3) is 2.92. The number of nitrogens with zero attached hydrogens (tertiary/aromatic N) is 1. The highest BCUT2D eigenvalue weighted by molar-refractivity contribution is 6.01. The maximum absolute atomic E-state index is 12.1. The highest BCUT2D eigenvalue weighted by atomic mass is 16.5. The Labute approximate surface area is 157 Å². The van der Waals surface area contributed by atoms with E-state index in [1.54, 1.807) is 6.07 Å². The lowest BCUT2D eigenvalue weighted by Gasteiger charge is -2.25. The fraction of sp³-hybridized carbons (Fsp3) is 0.364. The van der Waals surface area contributed by atoms with E-state index >= 15 is 0 Å².